The van der Waals surface area contributed by atoms with Gasteiger partial charge in [0, 0.05) is 6.92 Å². The van der Waals surface area contributed by atoms with Crippen LogP contribution in [0.15, 0.2) is 48.5 Å². The van der Waals surface area contributed by atoms with Gasteiger partial charge in [-0.1, -0.05) is 38.1 Å². The van der Waals surface area contributed by atoms with E-state index in [0.29, 0.717) is 12.5 Å². The van der Waals surface area contributed by atoms with Gasteiger partial charge in [-0.2, -0.15) is 0 Å². The van der Waals surface area contributed by atoms with Gasteiger partial charge >= 0.3 is 0 Å². The molecule has 0 spiro atoms. The Hall–Kier alpha value is -1.60. The summed E-state index contributed by atoms with van der Waals surface area (Å²) in [4.78, 5) is 0. The van der Waals surface area contributed by atoms with E-state index in [9.17, 15) is 5.11 Å². The topological polar surface area (TPSA) is 38.3 Å². The first-order valence-electron chi connectivity index (χ1n) is 8.82. The molecular weight excluding hydrogens is 439 g/mol. The third-order valence-electron chi connectivity index (χ3n) is 4.79. The Balaban J connectivity index is 0.00000243. The van der Waals surface area contributed by atoms with Crippen LogP contribution in [0.4, 0.5) is 0 Å². The highest BCUT2D eigenvalue weighted by atomic mass is 127. The molecule has 0 saturated heterocycles. The van der Waals surface area contributed by atoms with Gasteiger partial charge in [-0.3, -0.25) is 0 Å². The van der Waals surface area contributed by atoms with Crippen molar-refractivity contribution in [2.75, 3.05) is 6.61 Å². The fraction of sp³-hybridized carbons (Fsp3) is 0.381. The Morgan fingerprint density at radius 1 is 1.08 bits per heavy atom. The number of ether oxygens (including phenoxy) is 1. The normalized spacial score (nSPS) is 12.2. The van der Waals surface area contributed by atoms with Crippen LogP contribution in [0.2, 0.25) is 0 Å². The molecule has 0 bridgehead atoms. The number of nitrogens with zero attached hydrogens (tertiary/aromatic N) is 2. The third-order valence-corrected chi connectivity index (χ3v) is 4.79. The van der Waals surface area contributed by atoms with Crippen molar-refractivity contribution in [3.8, 4) is 5.75 Å². The van der Waals surface area contributed by atoms with Crippen molar-refractivity contribution in [2.45, 2.75) is 39.3 Å². The SMILES string of the molecule is Cc1n(CC(O)COc2ccc(C(C)C)cc2)c2ccccc2[n+]1C.[I-]. The number of benzene rings is 2. The van der Waals surface area contributed by atoms with E-state index in [-0.39, 0.29) is 30.6 Å². The molecule has 3 aromatic rings. The lowest BCUT2D eigenvalue weighted by Gasteiger charge is -2.12. The predicted octanol–water partition coefficient (Wildman–Crippen LogP) is 0.342. The first-order valence-corrected chi connectivity index (χ1v) is 8.82. The quantitative estimate of drug-likeness (QED) is 0.421. The molecular formula is C21H27IN2O2. The van der Waals surface area contributed by atoms with Gasteiger partial charge in [-0.15, -0.1) is 0 Å². The van der Waals surface area contributed by atoms with Crippen LogP contribution in [0.25, 0.3) is 11.0 Å². The molecule has 5 heteroatoms. The van der Waals surface area contributed by atoms with Gasteiger partial charge in [0.15, 0.2) is 11.0 Å². The summed E-state index contributed by atoms with van der Waals surface area (Å²) >= 11 is 0. The van der Waals surface area contributed by atoms with Crippen LogP contribution in [0.3, 0.4) is 0 Å². The molecule has 0 saturated carbocycles. The number of aromatic nitrogens is 2. The van der Waals surface area contributed by atoms with Gasteiger partial charge in [0.1, 0.15) is 25.0 Å². The molecule has 26 heavy (non-hydrogen) atoms. The van der Waals surface area contributed by atoms with Crippen molar-refractivity contribution in [1.82, 2.24) is 4.57 Å². The van der Waals surface area contributed by atoms with Crippen molar-refractivity contribution in [3.05, 3.63) is 59.9 Å². The molecule has 140 valence electrons. The minimum absolute atomic E-state index is 0. The lowest BCUT2D eigenvalue weighted by atomic mass is 10.0. The first-order chi connectivity index (χ1) is 12.0. The average Bonchev–Trinajstić information content (AvgIpc) is 2.85. The molecule has 0 amide bonds. The van der Waals surface area contributed by atoms with Gasteiger partial charge in [-0.25, -0.2) is 9.13 Å². The van der Waals surface area contributed by atoms with Gasteiger partial charge in [-0.05, 0) is 35.7 Å². The standard InChI is InChI=1S/C21H27N2O2.HI/c1-15(2)17-9-11-19(12-10-17)25-14-18(24)13-23-16(3)22(4)20-7-5-6-8-21(20)23;/h5-12,15,18,24H,13-14H2,1-4H3;1H/q+1;/p-1. The maximum atomic E-state index is 10.4. The Labute approximate surface area is 172 Å². The van der Waals surface area contributed by atoms with Crippen LogP contribution in [-0.2, 0) is 13.6 Å². The van der Waals surface area contributed by atoms with E-state index in [0.717, 1.165) is 22.6 Å². The highest BCUT2D eigenvalue weighted by Gasteiger charge is 2.21. The molecule has 1 N–H and O–H groups in total. The Morgan fingerprint density at radius 3 is 2.38 bits per heavy atom. The number of imidazole rings is 1. The molecule has 0 aliphatic rings. The smallest absolute Gasteiger partial charge is 0.254 e. The van der Waals surface area contributed by atoms with E-state index in [4.69, 9.17) is 4.74 Å². The molecule has 0 radical (unpaired) electrons. The van der Waals surface area contributed by atoms with E-state index in [2.05, 4.69) is 54.2 Å². The summed E-state index contributed by atoms with van der Waals surface area (Å²) in [5.41, 5.74) is 3.58. The number of fused-ring (bicyclic) bond motifs is 1. The van der Waals surface area contributed by atoms with Crippen LogP contribution < -0.4 is 33.3 Å². The number of hydrogen-bond donors (Lipinski definition) is 1. The minimum Gasteiger partial charge on any atom is -1.00 e. The van der Waals surface area contributed by atoms with Crippen molar-refractivity contribution < 1.29 is 38.4 Å². The molecule has 0 aliphatic heterocycles. The van der Waals surface area contributed by atoms with Crippen molar-refractivity contribution >= 4 is 11.0 Å². The monoisotopic (exact) mass is 466 g/mol. The number of aliphatic hydroxyl groups is 1. The second-order valence-electron chi connectivity index (χ2n) is 6.89. The molecule has 0 fully saturated rings. The van der Waals surface area contributed by atoms with Crippen LogP contribution in [0, 0.1) is 6.92 Å². The Bertz CT molecular complexity index is 856. The molecule has 1 aromatic heterocycles. The zero-order chi connectivity index (χ0) is 18.0. The maximum absolute atomic E-state index is 10.4. The summed E-state index contributed by atoms with van der Waals surface area (Å²) in [5, 5.41) is 10.4. The van der Waals surface area contributed by atoms with Gasteiger partial charge < -0.3 is 33.8 Å². The number of halogens is 1. The van der Waals surface area contributed by atoms with Crippen LogP contribution >= 0.6 is 0 Å². The molecule has 1 heterocycles. The van der Waals surface area contributed by atoms with Crippen molar-refractivity contribution in [3.63, 3.8) is 0 Å². The predicted molar refractivity (Wildman–Crippen MR) is 99.9 cm³/mol. The molecule has 3 rings (SSSR count). The zero-order valence-electron chi connectivity index (χ0n) is 15.8. The molecule has 0 aliphatic carbocycles. The van der Waals surface area contributed by atoms with E-state index in [1.165, 1.54) is 5.56 Å². The molecule has 2 aromatic carbocycles. The molecule has 1 atom stereocenters. The summed E-state index contributed by atoms with van der Waals surface area (Å²) in [6.07, 6.45) is -0.570. The number of hydrogen-bond acceptors (Lipinski definition) is 2. The third kappa shape index (κ3) is 4.38. The molecule has 1 unspecified atom stereocenters. The van der Waals surface area contributed by atoms with Crippen LogP contribution in [-0.4, -0.2) is 22.4 Å². The highest BCUT2D eigenvalue weighted by molar-refractivity contribution is 5.72. The summed E-state index contributed by atoms with van der Waals surface area (Å²) in [6, 6.07) is 16.3. The minimum atomic E-state index is -0.570. The van der Waals surface area contributed by atoms with E-state index >= 15 is 0 Å². The van der Waals surface area contributed by atoms with Gasteiger partial charge in [0.25, 0.3) is 5.82 Å². The van der Waals surface area contributed by atoms with Crippen molar-refractivity contribution in [2.24, 2.45) is 7.05 Å². The lowest BCUT2D eigenvalue weighted by molar-refractivity contribution is -0.652. The van der Waals surface area contributed by atoms with E-state index in [1.54, 1.807) is 0 Å². The summed E-state index contributed by atoms with van der Waals surface area (Å²) in [6.45, 7) is 7.19. The second-order valence-corrected chi connectivity index (χ2v) is 6.89. The lowest BCUT2D eigenvalue weighted by Crippen LogP contribution is -3.00. The van der Waals surface area contributed by atoms with E-state index < -0.39 is 6.10 Å². The van der Waals surface area contributed by atoms with Gasteiger partial charge in [0.05, 0.1) is 7.05 Å². The van der Waals surface area contributed by atoms with Crippen molar-refractivity contribution in [1.29, 1.82) is 0 Å². The Morgan fingerprint density at radius 2 is 1.73 bits per heavy atom. The maximum Gasteiger partial charge on any atom is 0.254 e. The number of aryl methyl sites for hydroxylation is 1. The fourth-order valence-corrected chi connectivity index (χ4v) is 3.14. The van der Waals surface area contributed by atoms with E-state index in [1.807, 2.05) is 31.3 Å². The second kappa shape index (κ2) is 8.86. The average molecular weight is 466 g/mol. The molecule has 4 nitrogen and oxygen atoms in total. The van der Waals surface area contributed by atoms with Gasteiger partial charge in [0.2, 0.25) is 0 Å². The summed E-state index contributed by atoms with van der Waals surface area (Å²) in [5.74, 6) is 2.41. The van der Waals surface area contributed by atoms with Crippen LogP contribution in [0.5, 0.6) is 5.75 Å². The summed E-state index contributed by atoms with van der Waals surface area (Å²) in [7, 11) is 2.05. The fourth-order valence-electron chi connectivity index (χ4n) is 3.14. The number of para-hydroxylation sites is 2. The first kappa shape index (κ1) is 20.7. The largest absolute Gasteiger partial charge is 1.00 e. The number of aliphatic hydroxyl groups excluding tert-OH is 1. The highest BCUT2D eigenvalue weighted by Crippen LogP contribution is 2.19. The zero-order valence-corrected chi connectivity index (χ0v) is 18.0. The summed E-state index contributed by atoms with van der Waals surface area (Å²) < 4.78 is 10.1. The van der Waals surface area contributed by atoms with Crippen LogP contribution in [0.1, 0.15) is 31.2 Å². The Kier molecular flexibility index (Phi) is 7.06. The number of rotatable bonds is 6.